The van der Waals surface area contributed by atoms with E-state index < -0.39 is 35.3 Å². The Kier molecular flexibility index (Phi) is 7.25. The number of hydrogen-bond donors (Lipinski definition) is 2. The highest BCUT2D eigenvalue weighted by Crippen LogP contribution is 2.22. The van der Waals surface area contributed by atoms with Crippen LogP contribution in [0.2, 0.25) is 5.02 Å². The number of alkyl carbamates (subject to hydrolysis) is 1. The first-order valence-electron chi connectivity index (χ1n) is 8.42. The molecule has 0 saturated carbocycles. The molecule has 0 heterocycles. The number of benzene rings is 1. The molecule has 1 aromatic carbocycles. The molecule has 27 heavy (non-hydrogen) atoms. The van der Waals surface area contributed by atoms with E-state index in [-0.39, 0.29) is 17.0 Å². The lowest BCUT2D eigenvalue weighted by Crippen LogP contribution is -2.44. The lowest BCUT2D eigenvalue weighted by molar-refractivity contribution is -0.139. The van der Waals surface area contributed by atoms with Crippen molar-refractivity contribution < 1.29 is 29.0 Å². The number of halogens is 1. The van der Waals surface area contributed by atoms with Gasteiger partial charge in [0, 0.05) is 6.42 Å². The molecule has 8 heteroatoms. The summed E-state index contributed by atoms with van der Waals surface area (Å²) in [4.78, 5) is 35.4. The quantitative estimate of drug-likeness (QED) is 0.730. The Bertz CT molecular complexity index is 718. The molecule has 1 atom stereocenters. The first-order valence-corrected chi connectivity index (χ1v) is 8.80. The van der Waals surface area contributed by atoms with Crippen molar-refractivity contribution in [3.8, 4) is 0 Å². The van der Waals surface area contributed by atoms with E-state index >= 15 is 0 Å². The maximum atomic E-state index is 12.1. The summed E-state index contributed by atoms with van der Waals surface area (Å²) in [5.41, 5.74) is -0.686. The van der Waals surface area contributed by atoms with Gasteiger partial charge in [0.15, 0.2) is 0 Å². The standard InChI is InChI=1S/C19H26ClNO6/c1-18(2,3)26-16(24)12-8-7-11(9-13(12)20)10-14(15(22)23)21-17(25)27-19(4,5)6/h7-9,14H,10H2,1-6H3,(H,21,25)(H,22,23)/t14-/m0/s1. The van der Waals surface area contributed by atoms with Crippen molar-refractivity contribution in [1.82, 2.24) is 5.32 Å². The van der Waals surface area contributed by atoms with Crippen molar-refractivity contribution in [2.24, 2.45) is 0 Å². The molecule has 0 aliphatic rings. The molecule has 1 amide bonds. The molecule has 0 radical (unpaired) electrons. The number of ether oxygens (including phenoxy) is 2. The summed E-state index contributed by atoms with van der Waals surface area (Å²) in [6.45, 7) is 10.3. The van der Waals surface area contributed by atoms with Crippen LogP contribution in [0.15, 0.2) is 18.2 Å². The lowest BCUT2D eigenvalue weighted by Gasteiger charge is -2.22. The second-order valence-corrected chi connectivity index (χ2v) is 8.46. The van der Waals surface area contributed by atoms with E-state index in [9.17, 15) is 19.5 Å². The molecule has 2 N–H and O–H groups in total. The third-order valence-electron chi connectivity index (χ3n) is 3.08. The minimum atomic E-state index is -1.21. The number of amides is 1. The number of carboxylic acids is 1. The number of hydrogen-bond acceptors (Lipinski definition) is 5. The van der Waals surface area contributed by atoms with Crippen LogP contribution in [0.25, 0.3) is 0 Å². The van der Waals surface area contributed by atoms with Crippen molar-refractivity contribution in [2.45, 2.75) is 65.2 Å². The highest BCUT2D eigenvalue weighted by Gasteiger charge is 2.25. The van der Waals surface area contributed by atoms with Crippen molar-refractivity contribution >= 4 is 29.6 Å². The average Bonchev–Trinajstić information content (AvgIpc) is 2.42. The van der Waals surface area contributed by atoms with Gasteiger partial charge in [0.2, 0.25) is 0 Å². The summed E-state index contributed by atoms with van der Waals surface area (Å²) in [5, 5.41) is 11.8. The smallest absolute Gasteiger partial charge is 0.408 e. The summed E-state index contributed by atoms with van der Waals surface area (Å²) < 4.78 is 10.3. The van der Waals surface area contributed by atoms with Crippen LogP contribution in [0.3, 0.4) is 0 Å². The normalized spacial score (nSPS) is 12.9. The third kappa shape index (κ3) is 8.30. The van der Waals surface area contributed by atoms with Crippen molar-refractivity contribution in [1.29, 1.82) is 0 Å². The molecular weight excluding hydrogens is 374 g/mol. The van der Waals surface area contributed by atoms with Crippen LogP contribution in [-0.4, -0.2) is 40.4 Å². The summed E-state index contributed by atoms with van der Waals surface area (Å²) in [7, 11) is 0. The molecule has 1 rings (SSSR count). The van der Waals surface area contributed by atoms with Crippen LogP contribution >= 0.6 is 11.6 Å². The molecular formula is C19H26ClNO6. The van der Waals surface area contributed by atoms with Crippen LogP contribution in [0, 0.1) is 0 Å². The van der Waals surface area contributed by atoms with Gasteiger partial charge in [-0.3, -0.25) is 0 Å². The second kappa shape index (κ2) is 8.61. The lowest BCUT2D eigenvalue weighted by atomic mass is 10.0. The molecule has 0 saturated heterocycles. The number of nitrogens with one attached hydrogen (secondary N) is 1. The van der Waals surface area contributed by atoms with Gasteiger partial charge < -0.3 is 19.9 Å². The molecule has 0 aliphatic carbocycles. The average molecular weight is 400 g/mol. The van der Waals surface area contributed by atoms with Crippen LogP contribution in [0.4, 0.5) is 4.79 Å². The van der Waals surface area contributed by atoms with E-state index in [1.165, 1.54) is 12.1 Å². The predicted octanol–water partition coefficient (Wildman–Crippen LogP) is 3.82. The van der Waals surface area contributed by atoms with E-state index in [4.69, 9.17) is 21.1 Å². The van der Waals surface area contributed by atoms with Crippen molar-refractivity contribution in [3.63, 3.8) is 0 Å². The van der Waals surface area contributed by atoms with Gasteiger partial charge in [-0.2, -0.15) is 0 Å². The molecule has 0 unspecified atom stereocenters. The largest absolute Gasteiger partial charge is 0.480 e. The van der Waals surface area contributed by atoms with Crippen molar-refractivity contribution in [3.05, 3.63) is 34.3 Å². The van der Waals surface area contributed by atoms with Gasteiger partial charge in [-0.25, -0.2) is 14.4 Å². The van der Waals surface area contributed by atoms with Crippen LogP contribution in [0.5, 0.6) is 0 Å². The van der Waals surface area contributed by atoms with Crippen LogP contribution in [0.1, 0.15) is 57.5 Å². The molecule has 0 fully saturated rings. The van der Waals surface area contributed by atoms with Gasteiger partial charge in [-0.05, 0) is 59.2 Å². The fraction of sp³-hybridized carbons (Fsp3) is 0.526. The topological polar surface area (TPSA) is 102 Å². The van der Waals surface area contributed by atoms with Gasteiger partial charge >= 0.3 is 18.0 Å². The Morgan fingerprint density at radius 3 is 2.07 bits per heavy atom. The summed E-state index contributed by atoms with van der Waals surface area (Å²) in [5.74, 6) is -1.78. The monoisotopic (exact) mass is 399 g/mol. The molecule has 7 nitrogen and oxygen atoms in total. The Hall–Kier alpha value is -2.28. The highest BCUT2D eigenvalue weighted by atomic mass is 35.5. The third-order valence-corrected chi connectivity index (χ3v) is 3.39. The fourth-order valence-corrected chi connectivity index (χ4v) is 2.35. The molecule has 0 bridgehead atoms. The van der Waals surface area contributed by atoms with Gasteiger partial charge in [-0.1, -0.05) is 17.7 Å². The Balaban J connectivity index is 2.89. The van der Waals surface area contributed by atoms with Crippen molar-refractivity contribution in [2.75, 3.05) is 0 Å². The van der Waals surface area contributed by atoms with Gasteiger partial charge in [0.05, 0.1) is 10.6 Å². The zero-order valence-electron chi connectivity index (χ0n) is 16.4. The number of aliphatic carboxylic acids is 1. The first-order chi connectivity index (χ1) is 12.2. The zero-order valence-corrected chi connectivity index (χ0v) is 17.1. The van der Waals surface area contributed by atoms with E-state index in [1.807, 2.05) is 0 Å². The molecule has 1 aromatic rings. The number of carbonyl (C=O) groups excluding carboxylic acids is 2. The van der Waals surface area contributed by atoms with Gasteiger partial charge in [0.25, 0.3) is 0 Å². The first kappa shape index (κ1) is 22.8. The Morgan fingerprint density at radius 1 is 1.07 bits per heavy atom. The number of rotatable bonds is 5. The minimum absolute atomic E-state index is 0.0249. The van der Waals surface area contributed by atoms with E-state index in [0.29, 0.717) is 5.56 Å². The minimum Gasteiger partial charge on any atom is -0.480 e. The van der Waals surface area contributed by atoms with E-state index in [1.54, 1.807) is 47.6 Å². The number of esters is 1. The van der Waals surface area contributed by atoms with Gasteiger partial charge in [-0.15, -0.1) is 0 Å². The summed E-state index contributed by atoms with van der Waals surface area (Å²) in [6.07, 6.45) is -0.852. The van der Waals surface area contributed by atoms with E-state index in [2.05, 4.69) is 5.32 Å². The molecule has 0 aromatic heterocycles. The SMILES string of the molecule is CC(C)(C)OC(=O)N[C@@H](Cc1ccc(C(=O)OC(C)(C)C)c(Cl)c1)C(=O)O. The molecule has 0 aliphatic heterocycles. The van der Waals surface area contributed by atoms with Crippen LogP contribution in [-0.2, 0) is 20.7 Å². The number of carboxylic acid groups (broad SMARTS) is 1. The maximum absolute atomic E-state index is 12.1. The number of carbonyl (C=O) groups is 3. The predicted molar refractivity (Wildman–Crippen MR) is 101 cm³/mol. The molecule has 150 valence electrons. The second-order valence-electron chi connectivity index (χ2n) is 8.06. The zero-order chi connectivity index (χ0) is 21.0. The Morgan fingerprint density at radius 2 is 1.63 bits per heavy atom. The van der Waals surface area contributed by atoms with E-state index in [0.717, 1.165) is 0 Å². The maximum Gasteiger partial charge on any atom is 0.408 e. The van der Waals surface area contributed by atoms with Crippen LogP contribution < -0.4 is 5.32 Å². The fourth-order valence-electron chi connectivity index (χ4n) is 2.07. The summed E-state index contributed by atoms with van der Waals surface area (Å²) >= 11 is 6.15. The molecule has 0 spiro atoms. The highest BCUT2D eigenvalue weighted by molar-refractivity contribution is 6.33. The Labute approximate surface area is 164 Å². The summed E-state index contributed by atoms with van der Waals surface area (Å²) in [6, 6.07) is 3.31. The van der Waals surface area contributed by atoms with Gasteiger partial charge in [0.1, 0.15) is 17.2 Å².